The van der Waals surface area contributed by atoms with Crippen molar-refractivity contribution in [3.05, 3.63) is 115 Å². The van der Waals surface area contributed by atoms with Gasteiger partial charge in [0.05, 0.1) is 34.6 Å². The van der Waals surface area contributed by atoms with Gasteiger partial charge in [0.25, 0.3) is 17.4 Å². The number of aryl methyl sites for hydroxylation is 2. The molecule has 0 fully saturated rings. The molecule has 35 heavy (non-hydrogen) atoms. The van der Waals surface area contributed by atoms with Gasteiger partial charge >= 0.3 is 0 Å². The molecule has 0 radical (unpaired) electrons. The maximum Gasteiger partial charge on any atom is 0.280 e. The number of aliphatic imine (C=N–C) groups is 1. The molecular weight excluding hydrogens is 508 g/mol. The number of nitrogens with one attached hydrogen (secondary N) is 1. The molecule has 1 aromatic heterocycles. The molecule has 1 aliphatic rings. The fourth-order valence-corrected chi connectivity index (χ4v) is 4.35. The second-order valence-corrected chi connectivity index (χ2v) is 9.29. The van der Waals surface area contributed by atoms with Crippen molar-refractivity contribution in [1.29, 1.82) is 0 Å². The first-order valence-corrected chi connectivity index (χ1v) is 11.8. The molecule has 0 aliphatic carbocycles. The lowest BCUT2D eigenvalue weighted by molar-refractivity contribution is 0.0642. The van der Waals surface area contributed by atoms with Crippen LogP contribution in [0.3, 0.4) is 0 Å². The molecule has 3 aromatic carbocycles. The van der Waals surface area contributed by atoms with E-state index in [-0.39, 0.29) is 23.9 Å². The van der Waals surface area contributed by atoms with Crippen LogP contribution in [0, 0.1) is 13.8 Å². The number of hydrogen-bond acceptors (Lipinski definition) is 4. The fourth-order valence-electron chi connectivity index (χ4n) is 4.08. The van der Waals surface area contributed by atoms with Gasteiger partial charge in [0.15, 0.2) is 0 Å². The molecule has 174 valence electrons. The van der Waals surface area contributed by atoms with Crippen molar-refractivity contribution in [2.75, 3.05) is 0 Å². The van der Waals surface area contributed by atoms with E-state index in [9.17, 15) is 14.4 Å². The van der Waals surface area contributed by atoms with Crippen molar-refractivity contribution in [3.8, 4) is 5.69 Å². The summed E-state index contributed by atoms with van der Waals surface area (Å²) in [6.07, 6.45) is 1.54. The highest BCUT2D eigenvalue weighted by Crippen LogP contribution is 2.26. The third-order valence-corrected chi connectivity index (χ3v) is 6.61. The number of carbonyl (C=O) groups is 2. The van der Waals surface area contributed by atoms with Gasteiger partial charge in [-0.1, -0.05) is 34.1 Å². The number of aromatic nitrogens is 2. The lowest BCUT2D eigenvalue weighted by Gasteiger charge is -2.16. The second kappa shape index (κ2) is 8.96. The van der Waals surface area contributed by atoms with Gasteiger partial charge in [-0.2, -0.15) is 0 Å². The number of nitrogens with zero attached hydrogens (tertiary/aromatic N) is 3. The van der Waals surface area contributed by atoms with Gasteiger partial charge in [-0.05, 0) is 73.5 Å². The number of amides is 2. The van der Waals surface area contributed by atoms with Crippen LogP contribution in [0.1, 0.15) is 43.1 Å². The van der Waals surface area contributed by atoms with Crippen molar-refractivity contribution in [2.45, 2.75) is 20.4 Å². The van der Waals surface area contributed by atoms with Crippen LogP contribution in [0.2, 0.25) is 0 Å². The number of fused-ring (bicyclic) bond motifs is 1. The Kier molecular flexibility index (Phi) is 5.82. The fraction of sp³-hybridized carbons (Fsp3) is 0.111. The Bertz CT molecular complexity index is 1530. The maximum atomic E-state index is 13.0. The van der Waals surface area contributed by atoms with E-state index in [0.717, 1.165) is 21.3 Å². The SMILES string of the molecule is Cc1ccc(N=Cc2c(C)[nH]n(-c3ccc(Br)cc3)c2=O)cc1CN1C(=O)c2ccccc2C1=O. The predicted molar refractivity (Wildman–Crippen MR) is 138 cm³/mol. The van der Waals surface area contributed by atoms with E-state index in [1.807, 2.05) is 56.3 Å². The summed E-state index contributed by atoms with van der Waals surface area (Å²) in [4.78, 5) is 44.3. The van der Waals surface area contributed by atoms with Crippen LogP contribution >= 0.6 is 15.9 Å². The summed E-state index contributed by atoms with van der Waals surface area (Å²) in [5.74, 6) is -0.592. The Morgan fingerprint density at radius 1 is 0.914 bits per heavy atom. The highest BCUT2D eigenvalue weighted by atomic mass is 79.9. The van der Waals surface area contributed by atoms with Crippen LogP contribution in [-0.2, 0) is 6.54 Å². The quantitative estimate of drug-likeness (QED) is 0.289. The first-order valence-electron chi connectivity index (χ1n) is 11.0. The van der Waals surface area contributed by atoms with Crippen LogP contribution in [0.25, 0.3) is 5.69 Å². The van der Waals surface area contributed by atoms with Crippen molar-refractivity contribution >= 4 is 39.6 Å². The number of imide groups is 1. The Balaban J connectivity index is 1.41. The summed E-state index contributed by atoms with van der Waals surface area (Å²) in [5, 5.41) is 3.09. The largest absolute Gasteiger partial charge is 0.295 e. The lowest BCUT2D eigenvalue weighted by atomic mass is 10.1. The zero-order chi connectivity index (χ0) is 24.7. The third kappa shape index (κ3) is 4.17. The Hall–Kier alpha value is -4.04. The Morgan fingerprint density at radius 3 is 2.23 bits per heavy atom. The normalized spacial score (nSPS) is 13.2. The molecule has 0 saturated carbocycles. The van der Waals surface area contributed by atoms with Gasteiger partial charge in [0, 0.05) is 16.4 Å². The van der Waals surface area contributed by atoms with Crippen LogP contribution in [-0.4, -0.2) is 32.7 Å². The topological polar surface area (TPSA) is 87.5 Å². The van der Waals surface area contributed by atoms with E-state index in [1.165, 1.54) is 9.58 Å². The van der Waals surface area contributed by atoms with Gasteiger partial charge < -0.3 is 0 Å². The number of rotatable bonds is 5. The standard InChI is InChI=1S/C27H21BrN4O3/c1-16-7-10-20(13-18(16)15-31-25(33)22-5-3-4-6-23(22)26(31)34)29-14-24-17(2)30-32(27(24)35)21-11-8-19(28)9-12-21/h3-14,30H,15H2,1-2H3. The molecule has 2 amide bonds. The number of H-pyrrole nitrogens is 1. The second-order valence-electron chi connectivity index (χ2n) is 8.38. The summed E-state index contributed by atoms with van der Waals surface area (Å²) in [6.45, 7) is 3.90. The van der Waals surface area contributed by atoms with E-state index in [4.69, 9.17) is 0 Å². The molecule has 0 spiro atoms. The van der Waals surface area contributed by atoms with Crippen molar-refractivity contribution in [3.63, 3.8) is 0 Å². The van der Waals surface area contributed by atoms with E-state index in [1.54, 1.807) is 30.5 Å². The molecule has 1 N–H and O–H groups in total. The molecule has 0 atom stereocenters. The van der Waals surface area contributed by atoms with Gasteiger partial charge in [0.2, 0.25) is 0 Å². The maximum absolute atomic E-state index is 13.0. The number of halogens is 1. The average Bonchev–Trinajstić information content (AvgIpc) is 3.27. The summed E-state index contributed by atoms with van der Waals surface area (Å²) in [5.41, 5.74) is 4.89. The molecule has 0 bridgehead atoms. The van der Waals surface area contributed by atoms with Crippen LogP contribution in [0.15, 0.2) is 81.0 Å². The third-order valence-electron chi connectivity index (χ3n) is 6.08. The van der Waals surface area contributed by atoms with Gasteiger partial charge in [-0.15, -0.1) is 0 Å². The van der Waals surface area contributed by atoms with Gasteiger partial charge in [0.1, 0.15) is 0 Å². The van der Waals surface area contributed by atoms with Crippen molar-refractivity contribution < 1.29 is 9.59 Å². The average molecular weight is 529 g/mol. The molecule has 5 rings (SSSR count). The summed E-state index contributed by atoms with van der Waals surface area (Å²) in [7, 11) is 0. The minimum atomic E-state index is -0.296. The van der Waals surface area contributed by atoms with E-state index in [0.29, 0.717) is 28.1 Å². The summed E-state index contributed by atoms with van der Waals surface area (Å²) < 4.78 is 2.40. The number of aromatic amines is 1. The molecule has 8 heteroatoms. The van der Waals surface area contributed by atoms with Crippen LogP contribution in [0.5, 0.6) is 0 Å². The van der Waals surface area contributed by atoms with Crippen molar-refractivity contribution in [2.24, 2.45) is 4.99 Å². The monoisotopic (exact) mass is 528 g/mol. The first-order chi connectivity index (χ1) is 16.8. The molecule has 1 aliphatic heterocycles. The lowest BCUT2D eigenvalue weighted by Crippen LogP contribution is -2.29. The smallest absolute Gasteiger partial charge is 0.280 e. The Labute approximate surface area is 209 Å². The first kappa shape index (κ1) is 22.7. The van der Waals surface area contributed by atoms with E-state index >= 15 is 0 Å². The van der Waals surface area contributed by atoms with Gasteiger partial charge in [-0.3, -0.25) is 29.4 Å². The highest BCUT2D eigenvalue weighted by molar-refractivity contribution is 9.10. The highest BCUT2D eigenvalue weighted by Gasteiger charge is 2.35. The van der Waals surface area contributed by atoms with Crippen LogP contribution < -0.4 is 5.56 Å². The molecular formula is C27H21BrN4O3. The molecule has 7 nitrogen and oxygen atoms in total. The zero-order valence-electron chi connectivity index (χ0n) is 19.1. The Morgan fingerprint density at radius 2 is 1.57 bits per heavy atom. The molecule has 2 heterocycles. The van der Waals surface area contributed by atoms with Crippen molar-refractivity contribution in [1.82, 2.24) is 14.7 Å². The van der Waals surface area contributed by atoms with E-state index < -0.39 is 0 Å². The molecule has 0 saturated heterocycles. The number of carbonyl (C=O) groups excluding carboxylic acids is 2. The number of benzene rings is 3. The van der Waals surface area contributed by atoms with E-state index in [2.05, 4.69) is 26.0 Å². The number of hydrogen-bond donors (Lipinski definition) is 1. The minimum absolute atomic E-state index is 0.154. The minimum Gasteiger partial charge on any atom is -0.295 e. The molecule has 4 aromatic rings. The van der Waals surface area contributed by atoms with Crippen LogP contribution in [0.4, 0.5) is 5.69 Å². The molecule has 0 unspecified atom stereocenters. The summed E-state index contributed by atoms with van der Waals surface area (Å²) in [6, 6.07) is 19.8. The van der Waals surface area contributed by atoms with Gasteiger partial charge in [-0.25, -0.2) is 4.68 Å². The predicted octanol–water partition coefficient (Wildman–Crippen LogP) is 5.09. The zero-order valence-corrected chi connectivity index (χ0v) is 20.7. The summed E-state index contributed by atoms with van der Waals surface area (Å²) >= 11 is 3.40.